The first-order valence-electron chi connectivity index (χ1n) is 6.19. The summed E-state index contributed by atoms with van der Waals surface area (Å²) in [5, 5.41) is 12.3. The maximum atomic E-state index is 12.4. The van der Waals surface area contributed by atoms with Gasteiger partial charge in [0.25, 0.3) is 0 Å². The first kappa shape index (κ1) is 13.4. The number of benzene rings is 1. The molecule has 0 saturated carbocycles. The van der Waals surface area contributed by atoms with Crippen molar-refractivity contribution < 1.29 is 14.7 Å². The van der Waals surface area contributed by atoms with E-state index in [-0.39, 0.29) is 11.9 Å². The van der Waals surface area contributed by atoms with E-state index in [9.17, 15) is 9.59 Å². The predicted molar refractivity (Wildman–Crippen MR) is 72.0 cm³/mol. The Hall–Kier alpha value is -2.04. The minimum atomic E-state index is -1.21. The number of carbonyl (C=O) groups excluding carboxylic acids is 1. The van der Waals surface area contributed by atoms with Crippen molar-refractivity contribution in [3.05, 3.63) is 29.8 Å². The molecule has 0 fully saturated rings. The van der Waals surface area contributed by atoms with E-state index < -0.39 is 11.5 Å². The Labute approximate surface area is 112 Å². The van der Waals surface area contributed by atoms with Crippen molar-refractivity contribution in [2.24, 2.45) is 0 Å². The molecule has 0 spiro atoms. The molecule has 1 amide bonds. The minimum Gasteiger partial charge on any atom is -0.480 e. The fourth-order valence-electron chi connectivity index (χ4n) is 2.10. The first-order chi connectivity index (χ1) is 8.84. The molecule has 0 aliphatic carbocycles. The van der Waals surface area contributed by atoms with Crippen LogP contribution in [-0.4, -0.2) is 40.5 Å². The second kappa shape index (κ2) is 4.57. The predicted octanol–water partition coefficient (Wildman–Crippen LogP) is 1.34. The number of para-hydroxylation sites is 1. The lowest BCUT2D eigenvalue weighted by Gasteiger charge is -2.33. The molecule has 1 aliphatic heterocycles. The highest BCUT2D eigenvalue weighted by molar-refractivity contribution is 5.92. The average molecular weight is 262 g/mol. The molecule has 19 heavy (non-hydrogen) atoms. The number of likely N-dealkylation sites (N-methyl/N-ethyl adjacent to an activating group) is 1. The van der Waals surface area contributed by atoms with Crippen LogP contribution in [0.4, 0.5) is 5.69 Å². The number of anilines is 1. The van der Waals surface area contributed by atoms with Gasteiger partial charge < -0.3 is 15.3 Å². The minimum absolute atomic E-state index is 0.205. The smallest absolute Gasteiger partial charge is 0.329 e. The van der Waals surface area contributed by atoms with Crippen molar-refractivity contribution in [2.75, 3.05) is 12.4 Å². The zero-order chi connectivity index (χ0) is 14.2. The number of nitrogens with one attached hydrogen (secondary N) is 1. The SMILES string of the molecule is CN(C(=O)C1Cc2ccccc2N1)C(C)(C)C(=O)O. The van der Waals surface area contributed by atoms with Gasteiger partial charge in [-0.3, -0.25) is 4.79 Å². The highest BCUT2D eigenvalue weighted by atomic mass is 16.4. The molecule has 1 atom stereocenters. The third-order valence-electron chi connectivity index (χ3n) is 3.76. The van der Waals surface area contributed by atoms with Gasteiger partial charge in [0.1, 0.15) is 11.6 Å². The molecule has 5 heteroatoms. The lowest BCUT2D eigenvalue weighted by atomic mass is 10.0. The van der Waals surface area contributed by atoms with Crippen molar-refractivity contribution in [3.63, 3.8) is 0 Å². The van der Waals surface area contributed by atoms with Gasteiger partial charge in [-0.25, -0.2) is 4.79 Å². The maximum Gasteiger partial charge on any atom is 0.329 e. The molecular formula is C14H18N2O3. The summed E-state index contributed by atoms with van der Waals surface area (Å²) < 4.78 is 0. The molecule has 1 unspecified atom stereocenters. The maximum absolute atomic E-state index is 12.4. The van der Waals surface area contributed by atoms with Crippen LogP contribution in [0.1, 0.15) is 19.4 Å². The summed E-state index contributed by atoms with van der Waals surface area (Å²) in [7, 11) is 1.53. The van der Waals surface area contributed by atoms with E-state index in [4.69, 9.17) is 5.11 Å². The fraction of sp³-hybridized carbons (Fsp3) is 0.429. The molecule has 1 aromatic rings. The molecule has 1 aliphatic rings. The van der Waals surface area contributed by atoms with Gasteiger partial charge in [-0.2, -0.15) is 0 Å². The summed E-state index contributed by atoms with van der Waals surface area (Å²) in [5.41, 5.74) is 0.817. The average Bonchev–Trinajstić information content (AvgIpc) is 2.80. The Kier molecular flexibility index (Phi) is 3.22. The molecule has 0 saturated heterocycles. The molecule has 0 bridgehead atoms. The summed E-state index contributed by atoms with van der Waals surface area (Å²) in [6.45, 7) is 3.05. The van der Waals surface area contributed by atoms with E-state index >= 15 is 0 Å². The summed E-state index contributed by atoms with van der Waals surface area (Å²) >= 11 is 0. The number of hydrogen-bond donors (Lipinski definition) is 2. The summed E-state index contributed by atoms with van der Waals surface area (Å²) in [6, 6.07) is 7.34. The highest BCUT2D eigenvalue weighted by Crippen LogP contribution is 2.27. The molecule has 102 valence electrons. The lowest BCUT2D eigenvalue weighted by molar-refractivity contribution is -0.155. The van der Waals surface area contributed by atoms with E-state index in [2.05, 4.69) is 5.32 Å². The molecule has 0 aromatic heterocycles. The molecule has 5 nitrogen and oxygen atoms in total. The summed E-state index contributed by atoms with van der Waals surface area (Å²) in [5.74, 6) is -1.22. The largest absolute Gasteiger partial charge is 0.480 e. The summed E-state index contributed by atoms with van der Waals surface area (Å²) in [4.78, 5) is 24.8. The summed E-state index contributed by atoms with van der Waals surface area (Å²) in [6.07, 6.45) is 0.592. The lowest BCUT2D eigenvalue weighted by Crippen LogP contribution is -2.54. The van der Waals surface area contributed by atoms with E-state index in [1.165, 1.54) is 25.8 Å². The number of aliphatic carboxylic acids is 1. The van der Waals surface area contributed by atoms with Crippen molar-refractivity contribution in [1.82, 2.24) is 4.90 Å². The van der Waals surface area contributed by atoms with Crippen molar-refractivity contribution in [1.29, 1.82) is 0 Å². The van der Waals surface area contributed by atoms with Crippen LogP contribution in [0.15, 0.2) is 24.3 Å². The van der Waals surface area contributed by atoms with Crippen molar-refractivity contribution >= 4 is 17.6 Å². The van der Waals surface area contributed by atoms with E-state index in [1.807, 2.05) is 24.3 Å². The Bertz CT molecular complexity index is 500. The Balaban J connectivity index is 2.13. The van der Waals surface area contributed by atoms with Gasteiger partial charge >= 0.3 is 5.97 Å². The number of carbonyl (C=O) groups is 2. The number of rotatable bonds is 3. The third-order valence-corrected chi connectivity index (χ3v) is 3.76. The first-order valence-corrected chi connectivity index (χ1v) is 6.19. The fourth-order valence-corrected chi connectivity index (χ4v) is 2.10. The Morgan fingerprint density at radius 2 is 2.00 bits per heavy atom. The molecule has 2 N–H and O–H groups in total. The van der Waals surface area contributed by atoms with Crippen LogP contribution < -0.4 is 5.32 Å². The monoisotopic (exact) mass is 262 g/mol. The zero-order valence-electron chi connectivity index (χ0n) is 11.3. The second-order valence-electron chi connectivity index (χ2n) is 5.32. The standard InChI is InChI=1S/C14H18N2O3/c1-14(2,13(18)19)16(3)12(17)11-8-9-6-4-5-7-10(9)15-11/h4-7,11,15H,8H2,1-3H3,(H,18,19). The van der Waals surface area contributed by atoms with E-state index in [1.54, 1.807) is 0 Å². The second-order valence-corrected chi connectivity index (χ2v) is 5.32. The Morgan fingerprint density at radius 1 is 1.37 bits per heavy atom. The number of nitrogens with zero attached hydrogens (tertiary/aromatic N) is 1. The van der Waals surface area contributed by atoms with Crippen LogP contribution in [-0.2, 0) is 16.0 Å². The van der Waals surface area contributed by atoms with Crippen LogP contribution in [0.5, 0.6) is 0 Å². The number of amides is 1. The van der Waals surface area contributed by atoms with Gasteiger partial charge in [-0.15, -0.1) is 0 Å². The third kappa shape index (κ3) is 2.28. The van der Waals surface area contributed by atoms with Crippen molar-refractivity contribution in [3.8, 4) is 0 Å². The van der Waals surface area contributed by atoms with Gasteiger partial charge in [0.05, 0.1) is 0 Å². The van der Waals surface area contributed by atoms with Crippen LogP contribution in [0.3, 0.4) is 0 Å². The van der Waals surface area contributed by atoms with Gasteiger partial charge in [0, 0.05) is 19.2 Å². The van der Waals surface area contributed by atoms with Crippen LogP contribution in [0.2, 0.25) is 0 Å². The van der Waals surface area contributed by atoms with Crippen LogP contribution >= 0.6 is 0 Å². The van der Waals surface area contributed by atoms with Crippen molar-refractivity contribution in [2.45, 2.75) is 31.8 Å². The van der Waals surface area contributed by atoms with Gasteiger partial charge in [0.2, 0.25) is 5.91 Å². The number of carboxylic acid groups (broad SMARTS) is 1. The van der Waals surface area contributed by atoms with E-state index in [0.29, 0.717) is 6.42 Å². The topological polar surface area (TPSA) is 69.6 Å². The molecule has 2 rings (SSSR count). The van der Waals surface area contributed by atoms with Gasteiger partial charge in [-0.05, 0) is 25.5 Å². The van der Waals surface area contributed by atoms with E-state index in [0.717, 1.165) is 11.3 Å². The molecule has 1 aromatic carbocycles. The van der Waals surface area contributed by atoms with Gasteiger partial charge in [0.15, 0.2) is 0 Å². The van der Waals surface area contributed by atoms with Gasteiger partial charge in [-0.1, -0.05) is 18.2 Å². The molecular weight excluding hydrogens is 244 g/mol. The Morgan fingerprint density at radius 3 is 2.58 bits per heavy atom. The number of fused-ring (bicyclic) bond motifs is 1. The normalized spacial score (nSPS) is 17.5. The molecule has 1 heterocycles. The zero-order valence-corrected chi connectivity index (χ0v) is 11.3. The highest BCUT2D eigenvalue weighted by Gasteiger charge is 2.39. The van der Waals surface area contributed by atoms with Crippen LogP contribution in [0.25, 0.3) is 0 Å². The van der Waals surface area contributed by atoms with Crippen LogP contribution in [0, 0.1) is 0 Å². The number of carboxylic acids is 1. The molecule has 0 radical (unpaired) electrons. The number of hydrogen-bond acceptors (Lipinski definition) is 3. The quantitative estimate of drug-likeness (QED) is 0.862.